The maximum Gasteiger partial charge on any atom is 0.254 e. The SMILES string of the molecule is Cc1cc(C)n(-c2nc(NC3CCCCC3)c3c(ncn3C)n2)n1. The Kier molecular flexibility index (Phi) is 3.70. The molecular weight excluding hydrogens is 302 g/mol. The minimum Gasteiger partial charge on any atom is -0.365 e. The predicted molar refractivity (Wildman–Crippen MR) is 93.4 cm³/mol. The first-order valence-corrected chi connectivity index (χ1v) is 8.61. The van der Waals surface area contributed by atoms with Gasteiger partial charge in [0.25, 0.3) is 5.95 Å². The van der Waals surface area contributed by atoms with Gasteiger partial charge in [-0.25, -0.2) is 9.67 Å². The van der Waals surface area contributed by atoms with Crippen LogP contribution in [-0.2, 0) is 7.05 Å². The van der Waals surface area contributed by atoms with E-state index in [9.17, 15) is 0 Å². The third-order valence-corrected chi connectivity index (χ3v) is 4.70. The van der Waals surface area contributed by atoms with Gasteiger partial charge in [0, 0.05) is 18.8 Å². The van der Waals surface area contributed by atoms with Gasteiger partial charge in [0.15, 0.2) is 11.5 Å². The van der Waals surface area contributed by atoms with Crippen LogP contribution in [0.4, 0.5) is 5.82 Å². The number of nitrogens with zero attached hydrogens (tertiary/aromatic N) is 6. The van der Waals surface area contributed by atoms with Gasteiger partial charge in [-0.05, 0) is 32.8 Å². The summed E-state index contributed by atoms with van der Waals surface area (Å²) in [6.07, 6.45) is 8.07. The molecule has 0 saturated heterocycles. The van der Waals surface area contributed by atoms with E-state index in [4.69, 9.17) is 4.98 Å². The van der Waals surface area contributed by atoms with Crippen molar-refractivity contribution in [2.75, 3.05) is 5.32 Å². The lowest BCUT2D eigenvalue weighted by Crippen LogP contribution is -2.24. The lowest BCUT2D eigenvalue weighted by atomic mass is 9.95. The van der Waals surface area contributed by atoms with Crippen molar-refractivity contribution in [2.24, 2.45) is 7.05 Å². The highest BCUT2D eigenvalue weighted by Gasteiger charge is 2.19. The first-order valence-electron chi connectivity index (χ1n) is 8.61. The van der Waals surface area contributed by atoms with E-state index in [1.165, 1.54) is 32.1 Å². The second kappa shape index (κ2) is 5.89. The largest absolute Gasteiger partial charge is 0.365 e. The molecule has 1 fully saturated rings. The van der Waals surface area contributed by atoms with Crippen LogP contribution < -0.4 is 5.32 Å². The molecule has 0 unspecified atom stereocenters. The smallest absolute Gasteiger partial charge is 0.254 e. The molecule has 0 bridgehead atoms. The summed E-state index contributed by atoms with van der Waals surface area (Å²) in [5, 5.41) is 8.15. The van der Waals surface area contributed by atoms with Crippen molar-refractivity contribution in [2.45, 2.75) is 52.0 Å². The number of rotatable bonds is 3. The van der Waals surface area contributed by atoms with E-state index in [2.05, 4.69) is 20.4 Å². The van der Waals surface area contributed by atoms with Gasteiger partial charge in [0.1, 0.15) is 5.52 Å². The molecule has 7 nitrogen and oxygen atoms in total. The van der Waals surface area contributed by atoms with Crippen molar-refractivity contribution in [1.29, 1.82) is 0 Å². The summed E-state index contributed by atoms with van der Waals surface area (Å²) in [4.78, 5) is 13.8. The van der Waals surface area contributed by atoms with E-state index in [0.29, 0.717) is 17.6 Å². The highest BCUT2D eigenvalue weighted by Crippen LogP contribution is 2.26. The maximum absolute atomic E-state index is 4.79. The average Bonchev–Trinajstić information content (AvgIpc) is 3.11. The second-order valence-electron chi connectivity index (χ2n) is 6.72. The van der Waals surface area contributed by atoms with E-state index in [1.807, 2.05) is 31.5 Å². The van der Waals surface area contributed by atoms with Crippen molar-refractivity contribution in [3.05, 3.63) is 23.8 Å². The Labute approximate surface area is 141 Å². The Morgan fingerprint density at radius 1 is 1.12 bits per heavy atom. The van der Waals surface area contributed by atoms with Crippen LogP contribution >= 0.6 is 0 Å². The molecule has 0 amide bonds. The maximum atomic E-state index is 4.79. The number of hydrogen-bond acceptors (Lipinski definition) is 5. The minimum absolute atomic E-state index is 0.472. The number of aromatic nitrogens is 6. The third kappa shape index (κ3) is 2.64. The molecule has 7 heteroatoms. The van der Waals surface area contributed by atoms with Crippen molar-refractivity contribution >= 4 is 17.0 Å². The van der Waals surface area contributed by atoms with Crippen LogP contribution in [0.2, 0.25) is 0 Å². The van der Waals surface area contributed by atoms with Crippen molar-refractivity contribution < 1.29 is 0 Å². The van der Waals surface area contributed by atoms with Gasteiger partial charge in [-0.3, -0.25) is 0 Å². The topological polar surface area (TPSA) is 73.5 Å². The minimum atomic E-state index is 0.472. The molecule has 0 aromatic carbocycles. The standard InChI is InChI=1S/C17H23N7/c1-11-9-12(2)24(22-11)17-20-15-14(23(3)10-18-15)16(21-17)19-13-7-5-4-6-8-13/h9-10,13H,4-8H2,1-3H3,(H,19,20,21). The zero-order valence-electron chi connectivity index (χ0n) is 14.5. The van der Waals surface area contributed by atoms with E-state index in [-0.39, 0.29) is 0 Å². The summed E-state index contributed by atoms with van der Waals surface area (Å²) >= 11 is 0. The number of hydrogen-bond donors (Lipinski definition) is 1. The van der Waals surface area contributed by atoms with Crippen LogP contribution in [0.15, 0.2) is 12.4 Å². The van der Waals surface area contributed by atoms with Crippen LogP contribution in [0.1, 0.15) is 43.5 Å². The third-order valence-electron chi connectivity index (χ3n) is 4.70. The van der Waals surface area contributed by atoms with Crippen LogP contribution in [0.25, 0.3) is 17.1 Å². The van der Waals surface area contributed by atoms with Gasteiger partial charge in [-0.15, -0.1) is 0 Å². The van der Waals surface area contributed by atoms with Gasteiger partial charge in [0.2, 0.25) is 0 Å². The van der Waals surface area contributed by atoms with Gasteiger partial charge < -0.3 is 9.88 Å². The molecule has 3 heterocycles. The van der Waals surface area contributed by atoms with E-state index < -0.39 is 0 Å². The molecule has 1 N–H and O–H groups in total. The summed E-state index contributed by atoms with van der Waals surface area (Å²) < 4.78 is 3.76. The Bertz CT molecular complexity index is 871. The fourth-order valence-electron chi connectivity index (χ4n) is 3.51. The van der Waals surface area contributed by atoms with Gasteiger partial charge in [0.05, 0.1) is 12.0 Å². The molecule has 126 valence electrons. The molecule has 0 spiro atoms. The first kappa shape index (κ1) is 15.1. The van der Waals surface area contributed by atoms with Gasteiger partial charge in [-0.1, -0.05) is 19.3 Å². The van der Waals surface area contributed by atoms with Crippen molar-refractivity contribution in [1.82, 2.24) is 29.3 Å². The Morgan fingerprint density at radius 3 is 2.62 bits per heavy atom. The molecule has 3 aromatic rings. The number of aryl methyl sites for hydroxylation is 3. The van der Waals surface area contributed by atoms with Gasteiger partial charge >= 0.3 is 0 Å². The summed E-state index contributed by atoms with van der Waals surface area (Å²) in [5.41, 5.74) is 3.63. The Hall–Kier alpha value is -2.44. The summed E-state index contributed by atoms with van der Waals surface area (Å²) in [5.74, 6) is 1.43. The Morgan fingerprint density at radius 2 is 1.92 bits per heavy atom. The molecule has 1 aliphatic rings. The van der Waals surface area contributed by atoms with Crippen molar-refractivity contribution in [3.63, 3.8) is 0 Å². The summed E-state index contributed by atoms with van der Waals surface area (Å²) in [6.45, 7) is 3.99. The molecule has 4 rings (SSSR count). The second-order valence-corrected chi connectivity index (χ2v) is 6.72. The van der Waals surface area contributed by atoms with Crippen LogP contribution in [0, 0.1) is 13.8 Å². The number of fused-ring (bicyclic) bond motifs is 1. The normalized spacial score (nSPS) is 16.0. The highest BCUT2D eigenvalue weighted by atomic mass is 15.4. The van der Waals surface area contributed by atoms with Crippen molar-refractivity contribution in [3.8, 4) is 5.95 Å². The number of imidazole rings is 1. The molecule has 1 saturated carbocycles. The zero-order chi connectivity index (χ0) is 16.7. The lowest BCUT2D eigenvalue weighted by molar-refractivity contribution is 0.462. The molecular formula is C17H23N7. The van der Waals surface area contributed by atoms with E-state index in [1.54, 1.807) is 11.0 Å². The fourth-order valence-corrected chi connectivity index (χ4v) is 3.51. The Balaban J connectivity index is 1.80. The predicted octanol–water partition coefficient (Wildman–Crippen LogP) is 2.91. The van der Waals surface area contributed by atoms with E-state index in [0.717, 1.165) is 22.7 Å². The zero-order valence-corrected chi connectivity index (χ0v) is 14.5. The molecule has 3 aromatic heterocycles. The van der Waals surface area contributed by atoms with Crippen LogP contribution in [0.5, 0.6) is 0 Å². The highest BCUT2D eigenvalue weighted by molar-refractivity contribution is 5.84. The van der Waals surface area contributed by atoms with Crippen LogP contribution in [-0.4, -0.2) is 35.3 Å². The van der Waals surface area contributed by atoms with Gasteiger partial charge in [-0.2, -0.15) is 15.1 Å². The number of anilines is 1. The molecule has 24 heavy (non-hydrogen) atoms. The molecule has 0 radical (unpaired) electrons. The average molecular weight is 325 g/mol. The summed E-state index contributed by atoms with van der Waals surface area (Å²) in [6, 6.07) is 2.50. The van der Waals surface area contributed by atoms with E-state index >= 15 is 0 Å². The van der Waals surface area contributed by atoms with Crippen LogP contribution in [0.3, 0.4) is 0 Å². The summed E-state index contributed by atoms with van der Waals surface area (Å²) in [7, 11) is 1.98. The molecule has 1 aliphatic carbocycles. The fraction of sp³-hybridized carbons (Fsp3) is 0.529. The molecule has 0 atom stereocenters. The monoisotopic (exact) mass is 325 g/mol. The quantitative estimate of drug-likeness (QED) is 0.801. The number of nitrogens with one attached hydrogen (secondary N) is 1. The first-order chi connectivity index (χ1) is 11.6. The lowest BCUT2D eigenvalue weighted by Gasteiger charge is -2.23. The molecule has 0 aliphatic heterocycles.